The highest BCUT2D eigenvalue weighted by molar-refractivity contribution is 7.99. The first-order valence-corrected chi connectivity index (χ1v) is 14.1. The number of nitrogens with zero attached hydrogens (tertiary/aromatic N) is 2. The van der Waals surface area contributed by atoms with Gasteiger partial charge in [0.05, 0.1) is 7.11 Å². The predicted molar refractivity (Wildman–Crippen MR) is 159 cm³/mol. The maximum Gasteiger partial charge on any atom is 0.328 e. The molecule has 0 radical (unpaired) electrons. The van der Waals surface area contributed by atoms with Gasteiger partial charge >= 0.3 is 23.9 Å². The van der Waals surface area contributed by atoms with Gasteiger partial charge in [0.1, 0.15) is 5.75 Å². The van der Waals surface area contributed by atoms with Crippen LogP contribution in [-0.4, -0.2) is 106 Å². The van der Waals surface area contributed by atoms with E-state index in [9.17, 15) is 19.2 Å². The second kappa shape index (κ2) is 18.4. The molecule has 2 aliphatic rings. The Bertz CT molecular complexity index is 1240. The number of aliphatic carboxylic acids is 4. The van der Waals surface area contributed by atoms with E-state index in [-0.39, 0.29) is 6.61 Å². The number of rotatable bonds is 9. The van der Waals surface area contributed by atoms with Gasteiger partial charge in [-0.1, -0.05) is 30.0 Å². The van der Waals surface area contributed by atoms with Gasteiger partial charge in [0, 0.05) is 79.5 Å². The second-order valence-electron chi connectivity index (χ2n) is 9.31. The van der Waals surface area contributed by atoms with E-state index in [1.165, 1.54) is 20.9 Å². The van der Waals surface area contributed by atoms with Gasteiger partial charge in [-0.25, -0.2) is 19.2 Å². The topological polar surface area (TPSA) is 185 Å². The second-order valence-corrected chi connectivity index (χ2v) is 10.4. The van der Waals surface area contributed by atoms with Crippen LogP contribution in [0.15, 0.2) is 76.6 Å². The minimum atomic E-state index is -1.26. The van der Waals surface area contributed by atoms with Gasteiger partial charge in [-0.05, 0) is 48.2 Å². The first-order valence-electron chi connectivity index (χ1n) is 13.3. The normalized spacial score (nSPS) is 16.5. The fourth-order valence-corrected chi connectivity index (χ4v) is 5.53. The molecule has 1 fully saturated rings. The van der Waals surface area contributed by atoms with E-state index in [0.717, 1.165) is 51.3 Å². The van der Waals surface area contributed by atoms with Crippen LogP contribution in [0.25, 0.3) is 0 Å². The van der Waals surface area contributed by atoms with Gasteiger partial charge < -0.3 is 35.2 Å². The van der Waals surface area contributed by atoms with Crippen LogP contribution in [0.1, 0.15) is 23.6 Å². The van der Waals surface area contributed by atoms with E-state index in [4.69, 9.17) is 30.3 Å². The third-order valence-corrected chi connectivity index (χ3v) is 7.61. The lowest BCUT2D eigenvalue weighted by molar-refractivity contribution is -0.134. The van der Waals surface area contributed by atoms with Crippen molar-refractivity contribution < 1.29 is 49.4 Å². The third kappa shape index (κ3) is 12.7. The molecule has 12 nitrogen and oxygen atoms in total. The van der Waals surface area contributed by atoms with Crippen molar-refractivity contribution in [1.82, 2.24) is 9.80 Å². The van der Waals surface area contributed by atoms with Crippen LogP contribution >= 0.6 is 11.8 Å². The average molecular weight is 617 g/mol. The number of piperazine rings is 1. The molecule has 4 rings (SSSR count). The Labute approximate surface area is 253 Å². The monoisotopic (exact) mass is 616 g/mol. The Kier molecular flexibility index (Phi) is 15.0. The van der Waals surface area contributed by atoms with Crippen LogP contribution in [0.4, 0.5) is 0 Å². The molecule has 232 valence electrons. The number of aliphatic hydroxyl groups is 1. The number of carboxylic acid groups (broad SMARTS) is 4. The zero-order valence-electron chi connectivity index (χ0n) is 23.7. The lowest BCUT2D eigenvalue weighted by Gasteiger charge is -2.39. The molecule has 0 aliphatic carbocycles. The van der Waals surface area contributed by atoms with Crippen LogP contribution in [0.2, 0.25) is 0 Å². The Balaban J connectivity index is 0.000000334. The number of carboxylic acids is 4. The summed E-state index contributed by atoms with van der Waals surface area (Å²) in [5, 5.41) is 40.3. The van der Waals surface area contributed by atoms with E-state index < -0.39 is 23.9 Å². The molecule has 2 heterocycles. The molecule has 0 saturated carbocycles. The van der Waals surface area contributed by atoms with Gasteiger partial charge in [-0.2, -0.15) is 0 Å². The molecule has 2 aromatic carbocycles. The number of hydrogen-bond acceptors (Lipinski definition) is 9. The predicted octanol–water partition coefficient (Wildman–Crippen LogP) is 2.87. The Morgan fingerprint density at radius 1 is 0.837 bits per heavy atom. The number of aliphatic hydroxyl groups excluding tert-OH is 1. The van der Waals surface area contributed by atoms with Gasteiger partial charge in [-0.3, -0.25) is 4.90 Å². The summed E-state index contributed by atoms with van der Waals surface area (Å²) in [4.78, 5) is 46.0. The van der Waals surface area contributed by atoms with Crippen molar-refractivity contribution in [1.29, 1.82) is 0 Å². The number of ether oxygens (including phenoxy) is 1. The summed E-state index contributed by atoms with van der Waals surface area (Å²) in [5.74, 6) is -4.09. The van der Waals surface area contributed by atoms with E-state index in [1.807, 2.05) is 11.8 Å². The van der Waals surface area contributed by atoms with E-state index in [0.29, 0.717) is 30.3 Å². The summed E-state index contributed by atoms with van der Waals surface area (Å²) in [6.07, 6.45) is 4.14. The Hall–Kier alpha value is -4.17. The molecule has 0 amide bonds. The van der Waals surface area contributed by atoms with Crippen LogP contribution < -0.4 is 4.74 Å². The van der Waals surface area contributed by atoms with Crippen molar-refractivity contribution in [3.05, 3.63) is 77.9 Å². The van der Waals surface area contributed by atoms with Crippen molar-refractivity contribution in [2.75, 3.05) is 46.4 Å². The van der Waals surface area contributed by atoms with Crippen molar-refractivity contribution in [2.45, 2.75) is 28.7 Å². The Morgan fingerprint density at radius 2 is 1.40 bits per heavy atom. The SMILES string of the molecule is COc1ccc2c(c1)C(N1CCN(CCCO)CC1)Cc1ccccc1S2.O=C(O)/C=C/C(=O)O.O=C(O)/C=C/C(=O)O. The van der Waals surface area contributed by atoms with Gasteiger partial charge in [0.2, 0.25) is 0 Å². The first-order chi connectivity index (χ1) is 20.5. The highest BCUT2D eigenvalue weighted by atomic mass is 32.2. The number of carbonyl (C=O) groups is 4. The summed E-state index contributed by atoms with van der Waals surface area (Å²) < 4.78 is 5.54. The van der Waals surface area contributed by atoms with Crippen molar-refractivity contribution in [2.24, 2.45) is 0 Å². The fourth-order valence-electron chi connectivity index (χ4n) is 4.42. The van der Waals surface area contributed by atoms with E-state index >= 15 is 0 Å². The minimum absolute atomic E-state index is 0.282. The molecule has 13 heteroatoms. The lowest BCUT2D eigenvalue weighted by Crippen LogP contribution is -2.48. The smallest absolute Gasteiger partial charge is 0.328 e. The number of methoxy groups -OCH3 is 1. The molecule has 2 aromatic rings. The lowest BCUT2D eigenvalue weighted by atomic mass is 9.96. The summed E-state index contributed by atoms with van der Waals surface area (Å²) in [7, 11) is 1.75. The van der Waals surface area contributed by atoms with Crippen LogP contribution in [0, 0.1) is 0 Å². The maximum absolute atomic E-state index is 9.55. The highest BCUT2D eigenvalue weighted by Crippen LogP contribution is 2.44. The average Bonchev–Trinajstić information content (AvgIpc) is 3.15. The van der Waals surface area contributed by atoms with Crippen LogP contribution in [0.5, 0.6) is 5.75 Å². The molecule has 1 saturated heterocycles. The molecule has 0 spiro atoms. The third-order valence-electron chi connectivity index (χ3n) is 6.40. The van der Waals surface area contributed by atoms with Crippen molar-refractivity contribution in [3.8, 4) is 5.75 Å². The van der Waals surface area contributed by atoms with Gasteiger partial charge in [0.15, 0.2) is 0 Å². The van der Waals surface area contributed by atoms with Gasteiger partial charge in [0.25, 0.3) is 0 Å². The standard InChI is InChI=1S/C22H28N2O2S.2C4H4O4/c1-26-18-7-8-22-19(16-18)20(15-17-5-2-3-6-21(17)27-22)24-12-10-23(11-13-24)9-4-14-25;2*5-3(6)1-2-4(7)8/h2-3,5-8,16,20,25H,4,9-15H2,1H3;2*1-2H,(H,5,6)(H,7,8)/b;2*2-1+. The van der Waals surface area contributed by atoms with Crippen molar-refractivity contribution in [3.63, 3.8) is 0 Å². The molecule has 2 aliphatic heterocycles. The summed E-state index contributed by atoms with van der Waals surface area (Å²) in [5.41, 5.74) is 2.82. The number of fused-ring (bicyclic) bond motifs is 2. The molecule has 5 N–H and O–H groups in total. The van der Waals surface area contributed by atoms with Crippen molar-refractivity contribution >= 4 is 35.6 Å². The zero-order chi connectivity index (χ0) is 31.8. The van der Waals surface area contributed by atoms with Crippen LogP contribution in [-0.2, 0) is 25.6 Å². The summed E-state index contributed by atoms with van der Waals surface area (Å²) in [6, 6.07) is 15.7. The van der Waals surface area contributed by atoms with Crippen LogP contribution in [0.3, 0.4) is 0 Å². The van der Waals surface area contributed by atoms with E-state index in [2.05, 4.69) is 52.3 Å². The molecule has 43 heavy (non-hydrogen) atoms. The number of benzene rings is 2. The fraction of sp³-hybridized carbons (Fsp3) is 0.333. The molecule has 1 atom stereocenters. The van der Waals surface area contributed by atoms with E-state index in [1.54, 1.807) is 7.11 Å². The summed E-state index contributed by atoms with van der Waals surface area (Å²) >= 11 is 1.88. The number of hydrogen-bond donors (Lipinski definition) is 5. The maximum atomic E-state index is 9.55. The first kappa shape index (κ1) is 35.0. The minimum Gasteiger partial charge on any atom is -0.497 e. The quantitative estimate of drug-likeness (QED) is 0.259. The largest absolute Gasteiger partial charge is 0.497 e. The molecule has 0 aromatic heterocycles. The molecule has 0 bridgehead atoms. The Morgan fingerprint density at radius 3 is 1.91 bits per heavy atom. The molecular formula is C30H36N2O10S. The highest BCUT2D eigenvalue weighted by Gasteiger charge is 2.30. The molecule has 1 unspecified atom stereocenters. The zero-order valence-corrected chi connectivity index (χ0v) is 24.5. The molecular weight excluding hydrogens is 580 g/mol. The van der Waals surface area contributed by atoms with Gasteiger partial charge in [-0.15, -0.1) is 0 Å². The summed E-state index contributed by atoms with van der Waals surface area (Å²) in [6.45, 7) is 5.57.